The summed E-state index contributed by atoms with van der Waals surface area (Å²) < 4.78 is 5.17. The van der Waals surface area contributed by atoms with Crippen molar-refractivity contribution in [2.24, 2.45) is 5.92 Å². The van der Waals surface area contributed by atoms with E-state index in [0.29, 0.717) is 6.61 Å². The normalized spacial score (nSPS) is 13.3. The Hall–Kier alpha value is -0.830. The van der Waals surface area contributed by atoms with E-state index in [1.807, 2.05) is 25.9 Å². The number of hydrogen-bond acceptors (Lipinski definition) is 3. The highest BCUT2D eigenvalue weighted by Crippen LogP contribution is 2.08. The minimum Gasteiger partial charge on any atom is -0.464 e. The van der Waals surface area contributed by atoms with Gasteiger partial charge in [-0.1, -0.05) is 26.0 Å². The Morgan fingerprint density at radius 2 is 2.06 bits per heavy atom. The van der Waals surface area contributed by atoms with Crippen LogP contribution < -0.4 is 0 Å². The predicted molar refractivity (Wildman–Crippen MR) is 67.3 cm³/mol. The fourth-order valence-corrected chi connectivity index (χ4v) is 1.22. The molecule has 1 unspecified atom stereocenters. The van der Waals surface area contributed by atoms with Crippen LogP contribution in [0.2, 0.25) is 0 Å². The molecule has 0 saturated heterocycles. The molecular weight excluding hydrogens is 202 g/mol. The molecule has 0 radical (unpaired) electrons. The van der Waals surface area contributed by atoms with E-state index >= 15 is 0 Å². The van der Waals surface area contributed by atoms with Crippen LogP contribution in [-0.4, -0.2) is 38.1 Å². The summed E-state index contributed by atoms with van der Waals surface area (Å²) in [6.45, 7) is 5.31. The molecule has 3 nitrogen and oxygen atoms in total. The zero-order valence-electron chi connectivity index (χ0n) is 11.0. The fraction of sp³-hybridized carbons (Fsp3) is 0.769. The van der Waals surface area contributed by atoms with Gasteiger partial charge in [-0.05, 0) is 33.4 Å². The van der Waals surface area contributed by atoms with Crippen LogP contribution in [0.1, 0.15) is 33.1 Å². The van der Waals surface area contributed by atoms with Crippen molar-refractivity contribution in [1.29, 1.82) is 0 Å². The van der Waals surface area contributed by atoms with Crippen LogP contribution in [0, 0.1) is 5.92 Å². The lowest BCUT2D eigenvalue weighted by Gasteiger charge is -2.13. The number of likely N-dealkylation sites (N-methyl/N-ethyl adjacent to an activating group) is 1. The van der Waals surface area contributed by atoms with E-state index in [0.717, 1.165) is 25.8 Å². The van der Waals surface area contributed by atoms with E-state index in [1.54, 1.807) is 0 Å². The van der Waals surface area contributed by atoms with E-state index < -0.39 is 0 Å². The topological polar surface area (TPSA) is 29.5 Å². The van der Waals surface area contributed by atoms with Gasteiger partial charge in [0.2, 0.25) is 0 Å². The van der Waals surface area contributed by atoms with Gasteiger partial charge in [-0.15, -0.1) is 0 Å². The SMILES string of the molecule is CCC=CCCC(C)C(=O)OCCN(C)C. The summed E-state index contributed by atoms with van der Waals surface area (Å²) in [5, 5.41) is 0. The van der Waals surface area contributed by atoms with Gasteiger partial charge >= 0.3 is 5.97 Å². The summed E-state index contributed by atoms with van der Waals surface area (Å²) in [5.41, 5.74) is 0. The molecule has 0 aromatic rings. The molecule has 0 aromatic carbocycles. The van der Waals surface area contributed by atoms with Gasteiger partial charge in [-0.3, -0.25) is 4.79 Å². The van der Waals surface area contributed by atoms with Crippen LogP contribution in [0.5, 0.6) is 0 Å². The second-order valence-electron chi connectivity index (χ2n) is 4.33. The highest BCUT2D eigenvalue weighted by atomic mass is 16.5. The zero-order chi connectivity index (χ0) is 12.4. The molecule has 0 N–H and O–H groups in total. The van der Waals surface area contributed by atoms with Gasteiger partial charge in [0.1, 0.15) is 6.61 Å². The van der Waals surface area contributed by atoms with E-state index in [4.69, 9.17) is 4.74 Å². The molecule has 3 heteroatoms. The molecule has 16 heavy (non-hydrogen) atoms. The van der Waals surface area contributed by atoms with Gasteiger partial charge < -0.3 is 9.64 Å². The molecule has 0 aromatic heterocycles. The third-order valence-electron chi connectivity index (χ3n) is 2.35. The van der Waals surface area contributed by atoms with Crippen molar-refractivity contribution in [3.8, 4) is 0 Å². The Morgan fingerprint density at radius 3 is 2.62 bits per heavy atom. The summed E-state index contributed by atoms with van der Waals surface area (Å²) in [6.07, 6.45) is 7.14. The van der Waals surface area contributed by atoms with Crippen LogP contribution in [-0.2, 0) is 9.53 Å². The van der Waals surface area contributed by atoms with Crippen molar-refractivity contribution in [1.82, 2.24) is 4.90 Å². The maximum atomic E-state index is 11.5. The van der Waals surface area contributed by atoms with Crippen molar-refractivity contribution in [2.75, 3.05) is 27.2 Å². The average Bonchev–Trinajstić information content (AvgIpc) is 2.23. The molecule has 0 saturated carbocycles. The van der Waals surface area contributed by atoms with Crippen molar-refractivity contribution >= 4 is 5.97 Å². The van der Waals surface area contributed by atoms with Gasteiger partial charge in [-0.25, -0.2) is 0 Å². The maximum Gasteiger partial charge on any atom is 0.308 e. The Kier molecular flexibility index (Phi) is 8.91. The van der Waals surface area contributed by atoms with Crippen LogP contribution in [0.3, 0.4) is 0 Å². The fourth-order valence-electron chi connectivity index (χ4n) is 1.22. The van der Waals surface area contributed by atoms with Crippen molar-refractivity contribution in [3.05, 3.63) is 12.2 Å². The molecule has 0 rings (SSSR count). The minimum absolute atomic E-state index is 0.00340. The quantitative estimate of drug-likeness (QED) is 0.471. The van der Waals surface area contributed by atoms with Gasteiger partial charge in [0.15, 0.2) is 0 Å². The number of carbonyl (C=O) groups is 1. The van der Waals surface area contributed by atoms with E-state index in [2.05, 4.69) is 19.1 Å². The van der Waals surface area contributed by atoms with E-state index in [9.17, 15) is 4.79 Å². The summed E-state index contributed by atoms with van der Waals surface area (Å²) in [7, 11) is 3.93. The lowest BCUT2D eigenvalue weighted by atomic mass is 10.1. The first kappa shape index (κ1) is 15.2. The Labute approximate surface area is 99.5 Å². The smallest absolute Gasteiger partial charge is 0.308 e. The highest BCUT2D eigenvalue weighted by Gasteiger charge is 2.12. The lowest BCUT2D eigenvalue weighted by Crippen LogP contribution is -2.22. The second kappa shape index (κ2) is 9.40. The summed E-state index contributed by atoms with van der Waals surface area (Å²) >= 11 is 0. The number of nitrogens with zero attached hydrogens (tertiary/aromatic N) is 1. The van der Waals surface area contributed by atoms with Gasteiger partial charge in [0.05, 0.1) is 5.92 Å². The monoisotopic (exact) mass is 227 g/mol. The third-order valence-corrected chi connectivity index (χ3v) is 2.35. The highest BCUT2D eigenvalue weighted by molar-refractivity contribution is 5.71. The Bertz CT molecular complexity index is 212. The molecule has 0 spiro atoms. The first-order valence-corrected chi connectivity index (χ1v) is 6.04. The maximum absolute atomic E-state index is 11.5. The standard InChI is InChI=1S/C13H25NO2/c1-5-6-7-8-9-12(2)13(15)16-11-10-14(3)4/h6-7,12H,5,8-11H2,1-4H3. The van der Waals surface area contributed by atoms with Crippen LogP contribution in [0.25, 0.3) is 0 Å². The van der Waals surface area contributed by atoms with Gasteiger partial charge in [0, 0.05) is 6.54 Å². The summed E-state index contributed by atoms with van der Waals surface area (Å²) in [5.74, 6) is -0.0737. The second-order valence-corrected chi connectivity index (χ2v) is 4.33. The number of rotatable bonds is 8. The first-order chi connectivity index (χ1) is 7.57. The summed E-state index contributed by atoms with van der Waals surface area (Å²) in [4.78, 5) is 13.5. The number of carbonyl (C=O) groups excluding carboxylic acids is 1. The van der Waals surface area contributed by atoms with Crippen molar-refractivity contribution in [2.45, 2.75) is 33.1 Å². The number of esters is 1. The molecule has 0 bridgehead atoms. The van der Waals surface area contributed by atoms with Crippen LogP contribution >= 0.6 is 0 Å². The van der Waals surface area contributed by atoms with Gasteiger partial charge in [-0.2, -0.15) is 0 Å². The Balaban J connectivity index is 3.61. The molecule has 0 aliphatic heterocycles. The van der Waals surface area contributed by atoms with Crippen LogP contribution in [0.15, 0.2) is 12.2 Å². The Morgan fingerprint density at radius 1 is 1.38 bits per heavy atom. The van der Waals surface area contributed by atoms with Crippen molar-refractivity contribution < 1.29 is 9.53 Å². The molecule has 0 amide bonds. The minimum atomic E-state index is -0.0771. The molecule has 1 atom stereocenters. The lowest BCUT2D eigenvalue weighted by molar-refractivity contribution is -0.148. The third kappa shape index (κ3) is 8.48. The molecule has 0 fully saturated rings. The molecule has 94 valence electrons. The van der Waals surface area contributed by atoms with Crippen molar-refractivity contribution in [3.63, 3.8) is 0 Å². The largest absolute Gasteiger partial charge is 0.464 e. The molecule has 0 aliphatic carbocycles. The van der Waals surface area contributed by atoms with Crippen LogP contribution in [0.4, 0.5) is 0 Å². The number of ether oxygens (including phenoxy) is 1. The first-order valence-electron chi connectivity index (χ1n) is 6.04. The summed E-state index contributed by atoms with van der Waals surface area (Å²) in [6, 6.07) is 0. The molecular formula is C13H25NO2. The van der Waals surface area contributed by atoms with E-state index in [-0.39, 0.29) is 11.9 Å². The average molecular weight is 227 g/mol. The molecule has 0 heterocycles. The number of allylic oxidation sites excluding steroid dienone is 2. The number of hydrogen-bond donors (Lipinski definition) is 0. The zero-order valence-corrected chi connectivity index (χ0v) is 11.0. The molecule has 0 aliphatic rings. The van der Waals surface area contributed by atoms with Gasteiger partial charge in [0.25, 0.3) is 0 Å². The van der Waals surface area contributed by atoms with E-state index in [1.165, 1.54) is 0 Å². The predicted octanol–water partition coefficient (Wildman–Crippen LogP) is 2.47.